The van der Waals surface area contributed by atoms with E-state index in [-0.39, 0.29) is 5.41 Å². The summed E-state index contributed by atoms with van der Waals surface area (Å²) < 4.78 is 27.1. The zero-order valence-electron chi connectivity index (χ0n) is 13.9. The highest BCUT2D eigenvalue weighted by Gasteiger charge is 2.42. The summed E-state index contributed by atoms with van der Waals surface area (Å²) in [6.45, 7) is 5.28. The molecule has 126 valence electrons. The summed E-state index contributed by atoms with van der Waals surface area (Å²) in [5, 5.41) is 0. The summed E-state index contributed by atoms with van der Waals surface area (Å²) in [4.78, 5) is 11.9. The molecular formula is C18H25NO3S. The van der Waals surface area contributed by atoms with E-state index in [9.17, 15) is 13.2 Å². The number of hydrogen-bond acceptors (Lipinski definition) is 3. The maximum Gasteiger partial charge on any atom is 0.243 e. The molecule has 1 aliphatic heterocycles. The van der Waals surface area contributed by atoms with Gasteiger partial charge in [-0.15, -0.1) is 0 Å². The van der Waals surface area contributed by atoms with Crippen molar-refractivity contribution in [2.45, 2.75) is 50.8 Å². The van der Waals surface area contributed by atoms with Crippen LogP contribution in [0, 0.1) is 18.3 Å². The van der Waals surface area contributed by atoms with Gasteiger partial charge in [-0.05, 0) is 49.7 Å². The van der Waals surface area contributed by atoms with Crippen LogP contribution < -0.4 is 0 Å². The molecule has 1 saturated carbocycles. The molecule has 0 unspecified atom stereocenters. The first-order valence-corrected chi connectivity index (χ1v) is 9.84. The maximum absolute atomic E-state index is 12.8. The summed E-state index contributed by atoms with van der Waals surface area (Å²) in [7, 11) is -3.40. The van der Waals surface area contributed by atoms with Crippen LogP contribution in [0.3, 0.4) is 0 Å². The van der Waals surface area contributed by atoms with Crippen molar-refractivity contribution in [3.05, 3.63) is 29.8 Å². The molecule has 2 aliphatic rings. The van der Waals surface area contributed by atoms with Crippen molar-refractivity contribution in [3.8, 4) is 0 Å². The number of carbonyl (C=O) groups is 1. The highest BCUT2D eigenvalue weighted by Crippen LogP contribution is 2.46. The van der Waals surface area contributed by atoms with E-state index in [1.807, 2.05) is 19.1 Å². The lowest BCUT2D eigenvalue weighted by atomic mass is 9.70. The molecule has 23 heavy (non-hydrogen) atoms. The molecular weight excluding hydrogens is 310 g/mol. The Morgan fingerprint density at radius 3 is 2.26 bits per heavy atom. The minimum Gasteiger partial charge on any atom is -0.300 e. The van der Waals surface area contributed by atoms with Crippen LogP contribution in [0.1, 0.15) is 44.6 Å². The largest absolute Gasteiger partial charge is 0.300 e. The molecule has 2 fully saturated rings. The second-order valence-corrected chi connectivity index (χ2v) is 9.29. The monoisotopic (exact) mass is 335 g/mol. The summed E-state index contributed by atoms with van der Waals surface area (Å²) in [6.07, 6.45) is 4.04. The van der Waals surface area contributed by atoms with Crippen LogP contribution in [0.4, 0.5) is 0 Å². The highest BCUT2D eigenvalue weighted by molar-refractivity contribution is 7.89. The molecule has 0 bridgehead atoms. The van der Waals surface area contributed by atoms with Crippen molar-refractivity contribution in [1.29, 1.82) is 0 Å². The van der Waals surface area contributed by atoms with Crippen LogP contribution >= 0.6 is 0 Å². The van der Waals surface area contributed by atoms with Gasteiger partial charge in [0.25, 0.3) is 0 Å². The van der Waals surface area contributed by atoms with Crippen molar-refractivity contribution in [1.82, 2.24) is 4.31 Å². The summed E-state index contributed by atoms with van der Waals surface area (Å²) in [5.41, 5.74) is 1.16. The third kappa shape index (κ3) is 3.22. The van der Waals surface area contributed by atoms with E-state index in [1.165, 1.54) is 0 Å². The van der Waals surface area contributed by atoms with E-state index < -0.39 is 10.0 Å². The van der Waals surface area contributed by atoms with E-state index in [1.54, 1.807) is 16.4 Å². The summed E-state index contributed by atoms with van der Waals surface area (Å²) >= 11 is 0. The second kappa shape index (κ2) is 6.02. The number of benzene rings is 1. The number of hydrogen-bond donors (Lipinski definition) is 0. The van der Waals surface area contributed by atoms with Gasteiger partial charge in [-0.25, -0.2) is 8.42 Å². The number of aryl methyl sites for hydroxylation is 1. The van der Waals surface area contributed by atoms with Crippen molar-refractivity contribution in [3.63, 3.8) is 0 Å². The number of nitrogens with zero attached hydrogens (tertiary/aromatic N) is 1. The Morgan fingerprint density at radius 1 is 1.13 bits per heavy atom. The third-order valence-electron chi connectivity index (χ3n) is 5.75. The molecule has 0 N–H and O–H groups in total. The Balaban J connectivity index is 1.71. The first-order valence-electron chi connectivity index (χ1n) is 8.40. The number of ketones is 1. The molecule has 3 rings (SSSR count). The zero-order valence-corrected chi connectivity index (χ0v) is 14.7. The van der Waals surface area contributed by atoms with Gasteiger partial charge in [-0.2, -0.15) is 4.31 Å². The predicted molar refractivity (Wildman–Crippen MR) is 89.6 cm³/mol. The summed E-state index contributed by atoms with van der Waals surface area (Å²) in [6, 6.07) is 7.05. The van der Waals surface area contributed by atoms with Crippen LogP contribution in [0.2, 0.25) is 0 Å². The van der Waals surface area contributed by atoms with Gasteiger partial charge in [0.1, 0.15) is 5.78 Å². The van der Waals surface area contributed by atoms with Crippen molar-refractivity contribution in [2.75, 3.05) is 13.1 Å². The SMILES string of the molecule is Cc1ccc(S(=O)(=O)N2CCC(C)([C@@H]3CCC(=O)C3)CC2)cc1. The van der Waals surface area contributed by atoms with Gasteiger partial charge < -0.3 is 0 Å². The second-order valence-electron chi connectivity index (χ2n) is 7.35. The predicted octanol–water partition coefficient (Wildman–Crippen LogP) is 3.16. The molecule has 5 heteroatoms. The molecule has 1 heterocycles. The quantitative estimate of drug-likeness (QED) is 0.852. The Bertz CT molecular complexity index is 685. The van der Waals surface area contributed by atoms with Gasteiger partial charge in [0, 0.05) is 25.9 Å². The Hall–Kier alpha value is -1.20. The fraction of sp³-hybridized carbons (Fsp3) is 0.611. The molecule has 1 aromatic rings. The molecule has 4 nitrogen and oxygen atoms in total. The van der Waals surface area contributed by atoms with Gasteiger partial charge in [-0.1, -0.05) is 24.6 Å². The van der Waals surface area contributed by atoms with Gasteiger partial charge in [0.2, 0.25) is 10.0 Å². The highest BCUT2D eigenvalue weighted by atomic mass is 32.2. The van der Waals surface area contributed by atoms with Crippen molar-refractivity contribution in [2.24, 2.45) is 11.3 Å². The van der Waals surface area contributed by atoms with Crippen LogP contribution in [0.5, 0.6) is 0 Å². The van der Waals surface area contributed by atoms with E-state index >= 15 is 0 Å². The Labute approximate surface area is 138 Å². The standard InChI is InChI=1S/C18H25NO3S/c1-14-3-7-17(8-4-14)23(21,22)19-11-9-18(2,10-12-19)15-5-6-16(20)13-15/h3-4,7-8,15H,5-6,9-13H2,1-2H3/t15-/m1/s1. The first kappa shape index (κ1) is 16.7. The maximum atomic E-state index is 12.8. The van der Waals surface area contributed by atoms with Crippen LogP contribution in [0.25, 0.3) is 0 Å². The van der Waals surface area contributed by atoms with Crippen LogP contribution in [-0.2, 0) is 14.8 Å². The average molecular weight is 335 g/mol. The van der Waals surface area contributed by atoms with Crippen molar-refractivity contribution < 1.29 is 13.2 Å². The number of piperidine rings is 1. The lowest BCUT2D eigenvalue weighted by molar-refractivity contribution is -0.118. The lowest BCUT2D eigenvalue weighted by Gasteiger charge is -2.42. The minimum atomic E-state index is -3.40. The fourth-order valence-corrected chi connectivity index (χ4v) is 5.36. The molecule has 0 aromatic heterocycles. The number of rotatable bonds is 3. The number of Topliss-reactive ketones (excluding diaryl/α,β-unsaturated/α-hetero) is 1. The van der Waals surface area contributed by atoms with Gasteiger partial charge in [0.15, 0.2) is 0 Å². The molecule has 1 aromatic carbocycles. The summed E-state index contributed by atoms with van der Waals surface area (Å²) in [5.74, 6) is 0.796. The van der Waals surface area contributed by atoms with Gasteiger partial charge in [-0.3, -0.25) is 4.79 Å². The molecule has 0 spiro atoms. The average Bonchev–Trinajstić information content (AvgIpc) is 2.96. The van der Waals surface area contributed by atoms with Crippen LogP contribution in [-0.4, -0.2) is 31.6 Å². The van der Waals surface area contributed by atoms with E-state index in [0.717, 1.165) is 24.8 Å². The lowest BCUT2D eigenvalue weighted by Crippen LogP contribution is -2.44. The molecule has 1 atom stereocenters. The smallest absolute Gasteiger partial charge is 0.243 e. The normalized spacial score (nSPS) is 25.7. The Kier molecular flexibility index (Phi) is 4.36. The minimum absolute atomic E-state index is 0.103. The number of carbonyl (C=O) groups excluding carboxylic acids is 1. The Morgan fingerprint density at radius 2 is 1.74 bits per heavy atom. The zero-order chi connectivity index (χ0) is 16.7. The van der Waals surface area contributed by atoms with E-state index in [2.05, 4.69) is 6.92 Å². The van der Waals surface area contributed by atoms with Gasteiger partial charge in [0.05, 0.1) is 4.90 Å². The molecule has 1 aliphatic carbocycles. The van der Waals surface area contributed by atoms with Crippen molar-refractivity contribution >= 4 is 15.8 Å². The molecule has 1 saturated heterocycles. The molecule has 0 radical (unpaired) electrons. The van der Waals surface area contributed by atoms with E-state index in [4.69, 9.17) is 0 Å². The van der Waals surface area contributed by atoms with E-state index in [0.29, 0.717) is 42.5 Å². The fourth-order valence-electron chi connectivity index (χ4n) is 3.91. The van der Waals surface area contributed by atoms with Gasteiger partial charge >= 0.3 is 0 Å². The third-order valence-corrected chi connectivity index (χ3v) is 7.67. The first-order chi connectivity index (χ1) is 10.8. The molecule has 0 amide bonds. The number of sulfonamides is 1. The van der Waals surface area contributed by atoms with Crippen LogP contribution in [0.15, 0.2) is 29.2 Å². The topological polar surface area (TPSA) is 54.5 Å².